The number of carbonyl (C=O) groups excluding carboxylic acids is 1. The first-order valence-electron chi connectivity index (χ1n) is 12.3. The number of pyridine rings is 1. The smallest absolute Gasteiger partial charge is 0.294 e. The first-order valence-corrected chi connectivity index (χ1v) is 12.7. The first kappa shape index (κ1) is 28.0. The number of halogens is 2. The average molecular weight is 554 g/mol. The van der Waals surface area contributed by atoms with Crippen LogP contribution in [0.3, 0.4) is 0 Å². The number of hydrogen-bond donors (Lipinski definition) is 3. The third-order valence-electron chi connectivity index (χ3n) is 5.79. The number of nitrogens with zero attached hydrogens (tertiary/aromatic N) is 3. The fraction of sp³-hybridized carbons (Fsp3) is 0.286. The van der Waals surface area contributed by atoms with Crippen molar-refractivity contribution in [1.82, 2.24) is 20.2 Å². The van der Waals surface area contributed by atoms with Crippen LogP contribution in [0.15, 0.2) is 54.7 Å². The molecule has 2 aromatic heterocycles. The molecule has 0 spiro atoms. The minimum absolute atomic E-state index is 0.00534. The lowest BCUT2D eigenvalue weighted by Gasteiger charge is -2.17. The summed E-state index contributed by atoms with van der Waals surface area (Å²) in [6, 6.07) is 13.3. The van der Waals surface area contributed by atoms with Gasteiger partial charge in [0, 0.05) is 23.2 Å². The number of anilines is 1. The summed E-state index contributed by atoms with van der Waals surface area (Å²) in [5.41, 5.74) is 1.45. The van der Waals surface area contributed by atoms with Gasteiger partial charge in [-0.05, 0) is 80.3 Å². The molecule has 0 aliphatic heterocycles. The molecule has 0 atom stereocenters. The Morgan fingerprint density at radius 1 is 1.15 bits per heavy atom. The van der Waals surface area contributed by atoms with E-state index in [9.17, 15) is 14.3 Å². The standard InChI is InChI=1S/C28H29ClFN5O4/c1-28(2,37)10-4-12-39-19-6-7-21(29)20(16-19)18-9-11-31-24(15-18)33-27(36)26-32-25(34-35-26)14-17-5-8-22(30)23(13-17)38-3/h5-9,11,13,15-16,37H,4,10,12,14H2,1-3H3,(H,31,33,36)(H,32,34,35). The minimum atomic E-state index is -0.740. The molecular weight excluding hydrogens is 525 g/mol. The zero-order valence-corrected chi connectivity index (χ0v) is 22.6. The van der Waals surface area contributed by atoms with Gasteiger partial charge in [-0.1, -0.05) is 17.7 Å². The van der Waals surface area contributed by atoms with Gasteiger partial charge in [-0.15, -0.1) is 10.2 Å². The van der Waals surface area contributed by atoms with Crippen molar-refractivity contribution in [3.63, 3.8) is 0 Å². The highest BCUT2D eigenvalue weighted by Gasteiger charge is 2.16. The summed E-state index contributed by atoms with van der Waals surface area (Å²) in [4.78, 5) is 19.9. The summed E-state index contributed by atoms with van der Waals surface area (Å²) in [5, 5.41) is 21.0. The van der Waals surface area contributed by atoms with Crippen molar-refractivity contribution in [2.75, 3.05) is 19.0 Å². The number of aromatic amines is 1. The topological polar surface area (TPSA) is 122 Å². The van der Waals surface area contributed by atoms with Gasteiger partial charge in [0.15, 0.2) is 11.6 Å². The molecule has 0 fully saturated rings. The molecule has 11 heteroatoms. The molecule has 0 aliphatic rings. The zero-order chi connectivity index (χ0) is 28.0. The number of carbonyl (C=O) groups is 1. The lowest BCUT2D eigenvalue weighted by Crippen LogP contribution is -2.19. The number of hydrogen-bond acceptors (Lipinski definition) is 7. The molecule has 0 unspecified atom stereocenters. The van der Waals surface area contributed by atoms with Gasteiger partial charge in [-0.2, -0.15) is 0 Å². The number of ether oxygens (including phenoxy) is 2. The molecule has 2 heterocycles. The molecule has 0 bridgehead atoms. The van der Waals surface area contributed by atoms with Gasteiger partial charge in [0.05, 0.1) is 19.3 Å². The van der Waals surface area contributed by atoms with E-state index < -0.39 is 17.3 Å². The van der Waals surface area contributed by atoms with Crippen LogP contribution in [0.25, 0.3) is 11.1 Å². The van der Waals surface area contributed by atoms with Crippen molar-refractivity contribution in [1.29, 1.82) is 0 Å². The molecule has 0 radical (unpaired) electrons. The monoisotopic (exact) mass is 553 g/mol. The Hall–Kier alpha value is -4.02. The van der Waals surface area contributed by atoms with E-state index in [1.165, 1.54) is 13.2 Å². The normalized spacial score (nSPS) is 11.3. The fourth-order valence-corrected chi connectivity index (χ4v) is 4.07. The number of aliphatic hydroxyl groups is 1. The number of rotatable bonds is 11. The van der Waals surface area contributed by atoms with Crippen molar-refractivity contribution in [2.24, 2.45) is 0 Å². The van der Waals surface area contributed by atoms with Crippen molar-refractivity contribution in [3.05, 3.63) is 82.8 Å². The highest BCUT2D eigenvalue weighted by Crippen LogP contribution is 2.32. The van der Waals surface area contributed by atoms with Crippen molar-refractivity contribution >= 4 is 23.3 Å². The van der Waals surface area contributed by atoms with Gasteiger partial charge in [-0.25, -0.2) is 9.37 Å². The molecule has 4 rings (SSSR count). The molecule has 0 saturated carbocycles. The van der Waals surface area contributed by atoms with Gasteiger partial charge in [0.2, 0.25) is 5.82 Å². The molecule has 3 N–H and O–H groups in total. The maximum atomic E-state index is 13.7. The summed E-state index contributed by atoms with van der Waals surface area (Å²) < 4.78 is 24.5. The predicted octanol–water partition coefficient (Wildman–Crippen LogP) is 5.44. The SMILES string of the molecule is COc1cc(Cc2nnc(C(=O)Nc3cc(-c4cc(OCCCC(C)(C)O)ccc4Cl)ccn3)[nH]2)ccc1F. The largest absolute Gasteiger partial charge is 0.494 e. The minimum Gasteiger partial charge on any atom is -0.494 e. The van der Waals surface area contributed by atoms with Gasteiger partial charge in [0.1, 0.15) is 17.4 Å². The molecule has 0 saturated heterocycles. The van der Waals surface area contributed by atoms with Crippen LogP contribution in [0.4, 0.5) is 10.2 Å². The molecule has 39 heavy (non-hydrogen) atoms. The van der Waals surface area contributed by atoms with Crippen LogP contribution in [0.5, 0.6) is 11.5 Å². The third-order valence-corrected chi connectivity index (χ3v) is 6.12. The Balaban J connectivity index is 1.42. The summed E-state index contributed by atoms with van der Waals surface area (Å²) in [5.74, 6) is 0.513. The maximum absolute atomic E-state index is 13.7. The van der Waals surface area contributed by atoms with E-state index in [1.54, 1.807) is 56.4 Å². The third kappa shape index (κ3) is 7.75. The molecular formula is C28H29ClFN5O4. The Morgan fingerprint density at radius 2 is 1.97 bits per heavy atom. The van der Waals surface area contributed by atoms with Crippen LogP contribution < -0.4 is 14.8 Å². The van der Waals surface area contributed by atoms with Gasteiger partial charge in [-0.3, -0.25) is 4.79 Å². The van der Waals surface area contributed by atoms with Crippen LogP contribution in [0, 0.1) is 5.82 Å². The van der Waals surface area contributed by atoms with E-state index in [4.69, 9.17) is 21.1 Å². The van der Waals surface area contributed by atoms with Crippen molar-refractivity contribution < 1.29 is 23.8 Å². The van der Waals surface area contributed by atoms with Crippen LogP contribution in [0.2, 0.25) is 5.02 Å². The van der Waals surface area contributed by atoms with E-state index in [-0.39, 0.29) is 11.6 Å². The molecule has 1 amide bonds. The zero-order valence-electron chi connectivity index (χ0n) is 21.8. The van der Waals surface area contributed by atoms with E-state index in [2.05, 4.69) is 25.5 Å². The summed E-state index contributed by atoms with van der Waals surface area (Å²) in [6.45, 7) is 3.98. The maximum Gasteiger partial charge on any atom is 0.294 e. The van der Waals surface area contributed by atoms with Gasteiger partial charge in [0.25, 0.3) is 5.91 Å². The Bertz CT molecular complexity index is 1450. The lowest BCUT2D eigenvalue weighted by molar-refractivity contribution is 0.0641. The van der Waals surface area contributed by atoms with E-state index in [0.29, 0.717) is 53.8 Å². The van der Waals surface area contributed by atoms with E-state index in [0.717, 1.165) is 11.1 Å². The average Bonchev–Trinajstić information content (AvgIpc) is 3.37. The van der Waals surface area contributed by atoms with Crippen molar-refractivity contribution in [3.8, 4) is 22.6 Å². The van der Waals surface area contributed by atoms with Gasteiger partial charge >= 0.3 is 0 Å². The van der Waals surface area contributed by atoms with Crippen LogP contribution in [0.1, 0.15) is 48.7 Å². The van der Waals surface area contributed by atoms with E-state index >= 15 is 0 Å². The van der Waals surface area contributed by atoms with Gasteiger partial charge < -0.3 is 24.9 Å². The number of aromatic nitrogens is 4. The van der Waals surface area contributed by atoms with Crippen molar-refractivity contribution in [2.45, 2.75) is 38.7 Å². The second-order valence-electron chi connectivity index (χ2n) is 9.56. The highest BCUT2D eigenvalue weighted by atomic mass is 35.5. The number of methoxy groups -OCH3 is 1. The summed E-state index contributed by atoms with van der Waals surface area (Å²) >= 11 is 6.45. The molecule has 4 aromatic rings. The Morgan fingerprint density at radius 3 is 2.74 bits per heavy atom. The Labute approximate surface area is 230 Å². The molecule has 204 valence electrons. The molecule has 0 aliphatic carbocycles. The van der Waals surface area contributed by atoms with E-state index in [1.807, 2.05) is 6.07 Å². The summed E-state index contributed by atoms with van der Waals surface area (Å²) in [7, 11) is 1.39. The predicted molar refractivity (Wildman–Crippen MR) is 146 cm³/mol. The second kappa shape index (κ2) is 12.2. The molecule has 9 nitrogen and oxygen atoms in total. The summed E-state index contributed by atoms with van der Waals surface area (Å²) in [6.07, 6.45) is 3.19. The number of H-pyrrole nitrogens is 1. The van der Waals surface area contributed by atoms with Crippen LogP contribution in [-0.2, 0) is 6.42 Å². The number of benzene rings is 2. The fourth-order valence-electron chi connectivity index (χ4n) is 3.84. The second-order valence-corrected chi connectivity index (χ2v) is 9.96. The quantitative estimate of drug-likeness (QED) is 0.211. The highest BCUT2D eigenvalue weighted by molar-refractivity contribution is 6.33. The Kier molecular flexibility index (Phi) is 8.78. The first-order chi connectivity index (χ1) is 18.6. The lowest BCUT2D eigenvalue weighted by atomic mass is 10.0. The molecule has 2 aromatic carbocycles. The number of amides is 1. The van der Waals surface area contributed by atoms with Crippen LogP contribution in [-0.4, -0.2) is 50.5 Å². The van der Waals surface area contributed by atoms with Crippen LogP contribution >= 0.6 is 11.6 Å². The number of nitrogens with one attached hydrogen (secondary N) is 2.